The summed E-state index contributed by atoms with van der Waals surface area (Å²) in [5.74, 6) is 0. The Bertz CT molecular complexity index is 387. The fourth-order valence-electron chi connectivity index (χ4n) is 0.975. The Hall–Kier alpha value is -1.00. The Balaban J connectivity index is 2.20. The fourth-order valence-corrected chi connectivity index (χ4v) is 1.69. The molecule has 0 atom stereocenters. The molecule has 0 radical (unpaired) electrons. The van der Waals surface area contributed by atoms with Gasteiger partial charge in [-0.25, -0.2) is 0 Å². The molecule has 5 heteroatoms. The van der Waals surface area contributed by atoms with Gasteiger partial charge in [0.1, 0.15) is 0 Å². The monoisotopic (exact) mass is 211 g/mol. The summed E-state index contributed by atoms with van der Waals surface area (Å²) in [6.07, 6.45) is 2.40. The first-order chi connectivity index (χ1) is 6.36. The van der Waals surface area contributed by atoms with Crippen LogP contribution in [0, 0.1) is 0 Å². The number of rotatable bonds is 2. The minimum atomic E-state index is 0.482. The van der Waals surface area contributed by atoms with Crippen LogP contribution in [0.15, 0.2) is 24.4 Å². The van der Waals surface area contributed by atoms with Gasteiger partial charge in [-0.15, -0.1) is 0 Å². The molecule has 0 fully saturated rings. The third-order valence-corrected chi connectivity index (χ3v) is 2.55. The highest BCUT2D eigenvalue weighted by Gasteiger charge is 2.05. The van der Waals surface area contributed by atoms with E-state index < -0.39 is 0 Å². The van der Waals surface area contributed by atoms with Gasteiger partial charge >= 0.3 is 0 Å². The van der Waals surface area contributed by atoms with Crippen LogP contribution in [0.3, 0.4) is 0 Å². The first-order valence-electron chi connectivity index (χ1n) is 3.73. The van der Waals surface area contributed by atoms with E-state index in [1.165, 1.54) is 0 Å². The molecule has 0 amide bonds. The predicted molar refractivity (Wildman–Crippen MR) is 52.0 cm³/mol. The molecule has 0 aliphatic heterocycles. The minimum Gasteiger partial charge on any atom is -0.261 e. The van der Waals surface area contributed by atoms with Crippen molar-refractivity contribution < 1.29 is 0 Å². The van der Waals surface area contributed by atoms with Crippen LogP contribution in [0.4, 0.5) is 0 Å². The molecule has 0 N–H and O–H groups in total. The van der Waals surface area contributed by atoms with Gasteiger partial charge in [0.15, 0.2) is 5.15 Å². The molecule has 2 aromatic rings. The zero-order valence-electron chi connectivity index (χ0n) is 6.64. The van der Waals surface area contributed by atoms with E-state index >= 15 is 0 Å². The summed E-state index contributed by atoms with van der Waals surface area (Å²) in [5, 5.41) is 0.482. The Morgan fingerprint density at radius 3 is 2.85 bits per heavy atom. The number of nitrogens with zero attached hydrogens (tertiary/aromatic N) is 3. The Kier molecular flexibility index (Phi) is 2.52. The molecule has 66 valence electrons. The minimum absolute atomic E-state index is 0.482. The van der Waals surface area contributed by atoms with E-state index in [4.69, 9.17) is 11.6 Å². The summed E-state index contributed by atoms with van der Waals surface area (Å²) in [4.78, 5) is 4.17. The van der Waals surface area contributed by atoms with Crippen molar-refractivity contribution in [3.05, 3.63) is 40.9 Å². The fraction of sp³-hybridized carbons (Fsp3) is 0.125. The molecule has 2 aromatic heterocycles. The largest absolute Gasteiger partial charge is 0.261 e. The Morgan fingerprint density at radius 2 is 2.23 bits per heavy atom. The summed E-state index contributed by atoms with van der Waals surface area (Å²) in [7, 11) is 0. The molecule has 0 unspecified atom stereocenters. The molecule has 0 bridgehead atoms. The zero-order valence-corrected chi connectivity index (χ0v) is 8.22. The lowest BCUT2D eigenvalue weighted by atomic mass is 10.2. The van der Waals surface area contributed by atoms with Gasteiger partial charge in [-0.2, -0.15) is 8.75 Å². The molecule has 0 aliphatic carbocycles. The van der Waals surface area contributed by atoms with Gasteiger partial charge in [-0.3, -0.25) is 4.98 Å². The van der Waals surface area contributed by atoms with Crippen molar-refractivity contribution >= 4 is 23.3 Å². The van der Waals surface area contributed by atoms with Crippen LogP contribution in [0.1, 0.15) is 11.4 Å². The summed E-state index contributed by atoms with van der Waals surface area (Å²) in [6.45, 7) is 0. The molecule has 0 saturated heterocycles. The van der Waals surface area contributed by atoms with Gasteiger partial charge in [0.05, 0.1) is 17.4 Å². The first-order valence-corrected chi connectivity index (χ1v) is 4.84. The predicted octanol–water partition coefficient (Wildman–Crippen LogP) is 2.18. The van der Waals surface area contributed by atoms with Crippen LogP contribution in [0.25, 0.3) is 0 Å². The number of hydrogen-bond donors (Lipinski definition) is 0. The molecule has 2 rings (SSSR count). The van der Waals surface area contributed by atoms with Crippen LogP contribution < -0.4 is 0 Å². The third kappa shape index (κ3) is 2.02. The second-order valence-electron chi connectivity index (χ2n) is 2.50. The maximum atomic E-state index is 5.80. The average molecular weight is 212 g/mol. The number of pyridine rings is 1. The highest BCUT2D eigenvalue weighted by atomic mass is 35.5. The van der Waals surface area contributed by atoms with Crippen LogP contribution >= 0.6 is 23.3 Å². The highest BCUT2D eigenvalue weighted by Crippen LogP contribution is 2.15. The molecule has 0 aromatic carbocycles. The lowest BCUT2D eigenvalue weighted by Gasteiger charge is -1.95. The SMILES string of the molecule is Clc1nsnc1Cc1ccccn1. The second kappa shape index (κ2) is 3.81. The van der Waals surface area contributed by atoms with Crippen LogP contribution in [0.2, 0.25) is 5.15 Å². The van der Waals surface area contributed by atoms with Crippen molar-refractivity contribution in [3.8, 4) is 0 Å². The molecule has 0 spiro atoms. The smallest absolute Gasteiger partial charge is 0.166 e. The van der Waals surface area contributed by atoms with Crippen molar-refractivity contribution in [2.24, 2.45) is 0 Å². The molecule has 3 nitrogen and oxygen atoms in total. The maximum Gasteiger partial charge on any atom is 0.166 e. The molecular weight excluding hydrogens is 206 g/mol. The van der Waals surface area contributed by atoms with E-state index in [-0.39, 0.29) is 0 Å². The summed E-state index contributed by atoms with van der Waals surface area (Å²) >= 11 is 6.92. The van der Waals surface area contributed by atoms with E-state index in [1.54, 1.807) is 6.20 Å². The molecular formula is C8H6ClN3S. The summed E-state index contributed by atoms with van der Waals surface area (Å²) in [5.41, 5.74) is 1.75. The third-order valence-electron chi connectivity index (χ3n) is 1.58. The quantitative estimate of drug-likeness (QED) is 0.764. The van der Waals surface area contributed by atoms with Gasteiger partial charge in [0.2, 0.25) is 0 Å². The van der Waals surface area contributed by atoms with Crippen molar-refractivity contribution in [1.82, 2.24) is 13.7 Å². The Labute approximate surface area is 84.7 Å². The molecule has 0 aliphatic rings. The van der Waals surface area contributed by atoms with E-state index in [0.29, 0.717) is 11.6 Å². The molecule has 13 heavy (non-hydrogen) atoms. The van der Waals surface area contributed by atoms with Crippen LogP contribution in [-0.4, -0.2) is 13.7 Å². The number of hydrogen-bond acceptors (Lipinski definition) is 4. The van der Waals surface area contributed by atoms with Gasteiger partial charge < -0.3 is 0 Å². The van der Waals surface area contributed by atoms with Gasteiger partial charge in [0.25, 0.3) is 0 Å². The number of halogens is 1. The van der Waals surface area contributed by atoms with E-state index in [0.717, 1.165) is 23.1 Å². The molecule has 2 heterocycles. The van der Waals surface area contributed by atoms with E-state index in [2.05, 4.69) is 13.7 Å². The second-order valence-corrected chi connectivity index (χ2v) is 3.39. The first kappa shape index (κ1) is 8.59. The highest BCUT2D eigenvalue weighted by molar-refractivity contribution is 6.99. The Morgan fingerprint density at radius 1 is 1.31 bits per heavy atom. The van der Waals surface area contributed by atoms with Crippen molar-refractivity contribution in [2.75, 3.05) is 0 Å². The zero-order chi connectivity index (χ0) is 9.10. The van der Waals surface area contributed by atoms with Crippen LogP contribution in [-0.2, 0) is 6.42 Å². The van der Waals surface area contributed by atoms with Crippen molar-refractivity contribution in [2.45, 2.75) is 6.42 Å². The van der Waals surface area contributed by atoms with E-state index in [9.17, 15) is 0 Å². The topological polar surface area (TPSA) is 38.7 Å². The van der Waals surface area contributed by atoms with Gasteiger partial charge in [0, 0.05) is 18.3 Å². The number of aromatic nitrogens is 3. The molecule has 0 saturated carbocycles. The maximum absolute atomic E-state index is 5.80. The lowest BCUT2D eigenvalue weighted by Crippen LogP contribution is -1.91. The normalized spacial score (nSPS) is 10.2. The standard InChI is InChI=1S/C8H6ClN3S/c9-8-7(11-13-12-8)5-6-3-1-2-4-10-6/h1-4H,5H2. The van der Waals surface area contributed by atoms with Crippen LogP contribution in [0.5, 0.6) is 0 Å². The van der Waals surface area contributed by atoms with E-state index in [1.807, 2.05) is 18.2 Å². The van der Waals surface area contributed by atoms with Crippen molar-refractivity contribution in [1.29, 1.82) is 0 Å². The summed E-state index contributed by atoms with van der Waals surface area (Å²) < 4.78 is 7.95. The summed E-state index contributed by atoms with van der Waals surface area (Å²) in [6, 6.07) is 5.76. The lowest BCUT2D eigenvalue weighted by molar-refractivity contribution is 1.04. The van der Waals surface area contributed by atoms with Crippen molar-refractivity contribution in [3.63, 3.8) is 0 Å². The average Bonchev–Trinajstić information content (AvgIpc) is 2.54. The van der Waals surface area contributed by atoms with Gasteiger partial charge in [-0.05, 0) is 12.1 Å². The van der Waals surface area contributed by atoms with Gasteiger partial charge in [-0.1, -0.05) is 17.7 Å².